The zero-order valence-corrected chi connectivity index (χ0v) is 21.1. The molecule has 3 aromatic rings. The van der Waals surface area contributed by atoms with Crippen LogP contribution in [-0.2, 0) is 20.9 Å². The second-order valence-electron chi connectivity index (χ2n) is 8.32. The molecule has 1 aliphatic rings. The number of nitrogens with zero attached hydrogens (tertiary/aromatic N) is 3. The Balaban J connectivity index is 1.80. The lowest BCUT2D eigenvalue weighted by Crippen LogP contribution is -2.31. The number of ketones is 1. The smallest absolute Gasteiger partial charge is 0.354 e. The number of carbonyl (C=O) groups excluding carboxylic acids is 3. The first-order valence-electron chi connectivity index (χ1n) is 11.0. The van der Waals surface area contributed by atoms with Crippen LogP contribution in [0.15, 0.2) is 53.0 Å². The van der Waals surface area contributed by atoms with Gasteiger partial charge in [-0.1, -0.05) is 28.1 Å². The van der Waals surface area contributed by atoms with Crippen LogP contribution >= 0.6 is 15.9 Å². The second kappa shape index (κ2) is 9.91. The molecule has 1 saturated heterocycles. The predicted octanol–water partition coefficient (Wildman–Crippen LogP) is 3.89. The molecule has 4 rings (SSSR count). The molecule has 0 bridgehead atoms. The summed E-state index contributed by atoms with van der Waals surface area (Å²) in [5.41, 5.74) is 2.08. The third kappa shape index (κ3) is 4.53. The minimum Gasteiger partial charge on any atom is -0.507 e. The molecule has 0 radical (unpaired) electrons. The number of aliphatic hydroxyl groups is 1. The maximum Gasteiger partial charge on any atom is 0.354 e. The average Bonchev–Trinajstić information content (AvgIpc) is 3.52. The van der Waals surface area contributed by atoms with Gasteiger partial charge in [0.15, 0.2) is 0 Å². The van der Waals surface area contributed by atoms with Crippen LogP contribution in [0.2, 0.25) is 0 Å². The number of ether oxygens (including phenoxy) is 1. The van der Waals surface area contributed by atoms with Crippen LogP contribution in [-0.4, -0.2) is 55.9 Å². The number of methoxy groups -OCH3 is 1. The Kier molecular flexibility index (Phi) is 6.93. The first kappa shape index (κ1) is 24.5. The monoisotopic (exact) mass is 540 g/mol. The van der Waals surface area contributed by atoms with Crippen molar-refractivity contribution in [3.8, 4) is 0 Å². The van der Waals surface area contributed by atoms with Crippen molar-refractivity contribution in [2.45, 2.75) is 32.9 Å². The Hall–Kier alpha value is -3.66. The summed E-state index contributed by atoms with van der Waals surface area (Å²) in [6.07, 6.45) is 5.78. The van der Waals surface area contributed by atoms with Gasteiger partial charge in [0.2, 0.25) is 0 Å². The number of aryl methyl sites for hydroxylation is 2. The zero-order valence-electron chi connectivity index (χ0n) is 19.5. The molecule has 2 N–H and O–H groups in total. The minimum absolute atomic E-state index is 0.0163. The van der Waals surface area contributed by atoms with Crippen LogP contribution in [0.3, 0.4) is 0 Å². The summed E-state index contributed by atoms with van der Waals surface area (Å²) >= 11 is 3.46. The lowest BCUT2D eigenvalue weighted by atomic mass is 9.94. The molecule has 0 aliphatic carbocycles. The summed E-state index contributed by atoms with van der Waals surface area (Å²) in [7, 11) is 1.26. The number of aromatic nitrogens is 3. The van der Waals surface area contributed by atoms with E-state index in [9.17, 15) is 19.5 Å². The molecule has 9 nitrogen and oxygen atoms in total. The Labute approximate surface area is 210 Å². The van der Waals surface area contributed by atoms with Crippen LogP contribution in [0.4, 0.5) is 0 Å². The molecule has 1 atom stereocenters. The van der Waals surface area contributed by atoms with Gasteiger partial charge in [0.25, 0.3) is 11.7 Å². The van der Waals surface area contributed by atoms with E-state index in [1.54, 1.807) is 26.4 Å². The van der Waals surface area contributed by atoms with Crippen LogP contribution in [0.25, 0.3) is 5.76 Å². The van der Waals surface area contributed by atoms with E-state index in [0.29, 0.717) is 41.9 Å². The van der Waals surface area contributed by atoms with Gasteiger partial charge >= 0.3 is 5.97 Å². The molecule has 0 spiro atoms. The number of nitrogens with one attached hydrogen (secondary N) is 1. The SMILES string of the molecule is COC(=O)c1[nH]c(C)c(C(O)=C2C(=O)C(=O)N(CCCn3ccnc3)C2c2cccc(Br)c2)c1C. The number of rotatable bonds is 7. The topological polar surface area (TPSA) is 118 Å². The summed E-state index contributed by atoms with van der Waals surface area (Å²) in [6, 6.07) is 6.51. The lowest BCUT2D eigenvalue weighted by molar-refractivity contribution is -0.139. The van der Waals surface area contributed by atoms with Crippen LogP contribution in [0.1, 0.15) is 45.3 Å². The highest BCUT2D eigenvalue weighted by atomic mass is 79.9. The Bertz CT molecular complexity index is 1330. The molecule has 1 fully saturated rings. The highest BCUT2D eigenvalue weighted by molar-refractivity contribution is 9.10. The van der Waals surface area contributed by atoms with Crippen molar-refractivity contribution in [3.05, 3.63) is 81.1 Å². The first-order chi connectivity index (χ1) is 16.7. The van der Waals surface area contributed by atoms with Crippen LogP contribution in [0, 0.1) is 13.8 Å². The van der Waals surface area contributed by atoms with Gasteiger partial charge in [0.05, 0.1) is 25.1 Å². The summed E-state index contributed by atoms with van der Waals surface area (Å²) in [6.45, 7) is 4.26. The van der Waals surface area contributed by atoms with E-state index in [1.165, 1.54) is 12.0 Å². The molecule has 0 saturated carbocycles. The zero-order chi connectivity index (χ0) is 25.3. The van der Waals surface area contributed by atoms with Gasteiger partial charge in [-0.3, -0.25) is 9.59 Å². The van der Waals surface area contributed by atoms with Crippen LogP contribution in [0.5, 0.6) is 0 Å². The summed E-state index contributed by atoms with van der Waals surface area (Å²) in [4.78, 5) is 47.0. The quantitative estimate of drug-likeness (QED) is 0.203. The van der Waals surface area contributed by atoms with Crippen molar-refractivity contribution in [3.63, 3.8) is 0 Å². The molecule has 182 valence electrons. The number of Topliss-reactive ketones (excluding diaryl/α,β-unsaturated/α-hetero) is 1. The number of carbonyl (C=O) groups is 3. The molecule has 2 aromatic heterocycles. The molecule has 10 heteroatoms. The van der Waals surface area contributed by atoms with Crippen molar-refractivity contribution in [2.24, 2.45) is 0 Å². The number of hydrogen-bond acceptors (Lipinski definition) is 6. The van der Waals surface area contributed by atoms with E-state index in [2.05, 4.69) is 25.9 Å². The predicted molar refractivity (Wildman–Crippen MR) is 132 cm³/mol. The fraction of sp³-hybridized carbons (Fsp3) is 0.280. The van der Waals surface area contributed by atoms with E-state index in [4.69, 9.17) is 4.74 Å². The number of benzene rings is 1. The molecule has 35 heavy (non-hydrogen) atoms. The fourth-order valence-electron chi connectivity index (χ4n) is 4.52. The molecular weight excluding hydrogens is 516 g/mol. The number of amides is 1. The highest BCUT2D eigenvalue weighted by Gasteiger charge is 2.46. The van der Waals surface area contributed by atoms with Crippen LogP contribution < -0.4 is 0 Å². The molecule has 1 unspecified atom stereocenters. The van der Waals surface area contributed by atoms with E-state index >= 15 is 0 Å². The normalized spacial score (nSPS) is 17.3. The number of imidazole rings is 1. The Morgan fingerprint density at radius 3 is 2.69 bits per heavy atom. The number of halogens is 1. The number of aliphatic hydroxyl groups excluding tert-OH is 1. The Morgan fingerprint density at radius 1 is 1.26 bits per heavy atom. The number of H-pyrrole nitrogens is 1. The second-order valence-corrected chi connectivity index (χ2v) is 9.23. The van der Waals surface area contributed by atoms with Gasteiger partial charge < -0.3 is 24.3 Å². The van der Waals surface area contributed by atoms with E-state index in [1.807, 2.05) is 35.0 Å². The summed E-state index contributed by atoms with van der Waals surface area (Å²) < 4.78 is 7.49. The maximum absolute atomic E-state index is 13.3. The minimum atomic E-state index is -0.787. The van der Waals surface area contributed by atoms with Gasteiger partial charge in [-0.2, -0.15) is 0 Å². The first-order valence-corrected chi connectivity index (χ1v) is 11.8. The largest absolute Gasteiger partial charge is 0.507 e. The number of hydrogen-bond donors (Lipinski definition) is 2. The number of aromatic amines is 1. The van der Waals surface area contributed by atoms with Gasteiger partial charge in [-0.25, -0.2) is 9.78 Å². The molecular formula is C25H25BrN4O5. The van der Waals surface area contributed by atoms with Crippen molar-refractivity contribution in [2.75, 3.05) is 13.7 Å². The summed E-state index contributed by atoms with van der Waals surface area (Å²) in [5, 5.41) is 11.4. The van der Waals surface area contributed by atoms with Gasteiger partial charge in [-0.15, -0.1) is 0 Å². The van der Waals surface area contributed by atoms with Gasteiger partial charge in [-0.05, 0) is 43.5 Å². The molecule has 1 amide bonds. The van der Waals surface area contributed by atoms with Crippen molar-refractivity contribution >= 4 is 39.3 Å². The van der Waals surface area contributed by atoms with Gasteiger partial charge in [0.1, 0.15) is 11.5 Å². The Morgan fingerprint density at radius 2 is 2.03 bits per heavy atom. The van der Waals surface area contributed by atoms with E-state index < -0.39 is 23.7 Å². The maximum atomic E-state index is 13.3. The third-order valence-electron chi connectivity index (χ3n) is 6.14. The van der Waals surface area contributed by atoms with Crippen molar-refractivity contribution < 1.29 is 24.2 Å². The number of likely N-dealkylation sites (tertiary alicyclic amines) is 1. The van der Waals surface area contributed by atoms with Crippen molar-refractivity contribution in [1.29, 1.82) is 0 Å². The van der Waals surface area contributed by atoms with Gasteiger partial charge in [0, 0.05) is 41.2 Å². The lowest BCUT2D eigenvalue weighted by Gasteiger charge is -2.25. The average molecular weight is 541 g/mol. The molecule has 1 aliphatic heterocycles. The van der Waals surface area contributed by atoms with Crippen molar-refractivity contribution in [1.82, 2.24) is 19.4 Å². The third-order valence-corrected chi connectivity index (χ3v) is 6.64. The number of esters is 1. The standard InChI is InChI=1S/C25H25BrN4O5/c1-14-18(15(2)28-20(14)25(34)35-3)22(31)19-21(16-6-4-7-17(26)12-16)30(24(33)23(19)32)10-5-9-29-11-8-27-13-29/h4,6-8,11-13,21,28,31H,5,9-10H2,1-3H3. The molecule has 1 aromatic carbocycles. The highest BCUT2D eigenvalue weighted by Crippen LogP contribution is 2.41. The van der Waals surface area contributed by atoms with E-state index in [-0.39, 0.29) is 17.0 Å². The molecule has 3 heterocycles. The van der Waals surface area contributed by atoms with E-state index in [0.717, 1.165) is 4.47 Å². The fourth-order valence-corrected chi connectivity index (χ4v) is 4.94. The summed E-state index contributed by atoms with van der Waals surface area (Å²) in [5.74, 6) is -2.36.